The number of aliphatic carboxylic acids is 1. The van der Waals surface area contributed by atoms with E-state index in [1.807, 2.05) is 0 Å². The van der Waals surface area contributed by atoms with Crippen molar-refractivity contribution in [2.75, 3.05) is 6.54 Å². The first-order valence-corrected chi connectivity index (χ1v) is 5.20. The number of aromatic amines is 1. The van der Waals surface area contributed by atoms with E-state index in [0.717, 1.165) is 12.8 Å². The van der Waals surface area contributed by atoms with Gasteiger partial charge in [0.05, 0.1) is 6.42 Å². The lowest BCUT2D eigenvalue weighted by molar-refractivity contribution is -0.137. The van der Waals surface area contributed by atoms with Gasteiger partial charge in [0.15, 0.2) is 0 Å². The van der Waals surface area contributed by atoms with Gasteiger partial charge in [0.1, 0.15) is 5.69 Å². The Morgan fingerprint density at radius 3 is 2.81 bits per heavy atom. The average Bonchev–Trinajstić information content (AvgIpc) is 2.93. The predicted octanol–water partition coefficient (Wildman–Crippen LogP) is 0.489. The first-order valence-electron chi connectivity index (χ1n) is 5.20. The first kappa shape index (κ1) is 10.7. The summed E-state index contributed by atoms with van der Waals surface area (Å²) < 4.78 is 0. The van der Waals surface area contributed by atoms with Crippen LogP contribution in [0.15, 0.2) is 12.3 Å². The second-order valence-corrected chi connectivity index (χ2v) is 3.84. The van der Waals surface area contributed by atoms with Crippen LogP contribution >= 0.6 is 0 Å². The zero-order chi connectivity index (χ0) is 11.5. The molecule has 0 spiro atoms. The molecule has 1 aliphatic rings. The normalized spacial score (nSPS) is 14.8. The molecular formula is C10H13N3O3. The van der Waals surface area contributed by atoms with E-state index in [9.17, 15) is 9.59 Å². The van der Waals surface area contributed by atoms with Crippen LogP contribution in [0, 0.1) is 0 Å². The quantitative estimate of drug-likeness (QED) is 0.760. The zero-order valence-electron chi connectivity index (χ0n) is 8.72. The number of amides is 1. The fourth-order valence-electron chi connectivity index (χ4n) is 1.58. The number of nitrogens with one attached hydrogen (secondary N) is 1. The molecule has 1 saturated carbocycles. The van der Waals surface area contributed by atoms with E-state index in [1.54, 1.807) is 11.0 Å². The summed E-state index contributed by atoms with van der Waals surface area (Å²) in [6, 6.07) is 1.80. The van der Waals surface area contributed by atoms with E-state index in [-0.39, 0.29) is 24.9 Å². The molecule has 16 heavy (non-hydrogen) atoms. The van der Waals surface area contributed by atoms with Crippen molar-refractivity contribution in [2.24, 2.45) is 0 Å². The third kappa shape index (κ3) is 2.39. The lowest BCUT2D eigenvalue weighted by Gasteiger charge is -2.20. The second kappa shape index (κ2) is 4.34. The van der Waals surface area contributed by atoms with E-state index in [1.165, 1.54) is 6.20 Å². The standard InChI is InChI=1S/C10H13N3O3/c14-9(15)4-6-13(7-1-2-7)10(16)8-3-5-11-12-8/h3,5,7H,1-2,4,6H2,(H,11,12)(H,14,15). The van der Waals surface area contributed by atoms with E-state index in [2.05, 4.69) is 10.2 Å². The van der Waals surface area contributed by atoms with E-state index in [4.69, 9.17) is 5.11 Å². The molecule has 1 amide bonds. The Kier molecular flexibility index (Phi) is 2.89. The largest absolute Gasteiger partial charge is 0.481 e. The fourth-order valence-corrected chi connectivity index (χ4v) is 1.58. The molecule has 0 atom stereocenters. The van der Waals surface area contributed by atoms with Gasteiger partial charge in [-0.2, -0.15) is 5.10 Å². The Hall–Kier alpha value is -1.85. The van der Waals surface area contributed by atoms with Gasteiger partial charge in [-0.15, -0.1) is 0 Å². The number of carbonyl (C=O) groups excluding carboxylic acids is 1. The van der Waals surface area contributed by atoms with Crippen LogP contribution in [0.1, 0.15) is 29.8 Å². The summed E-state index contributed by atoms with van der Waals surface area (Å²) in [5.74, 6) is -1.05. The lowest BCUT2D eigenvalue weighted by Crippen LogP contribution is -2.35. The summed E-state index contributed by atoms with van der Waals surface area (Å²) in [4.78, 5) is 24.1. The van der Waals surface area contributed by atoms with Crippen LogP contribution in [-0.2, 0) is 4.79 Å². The topological polar surface area (TPSA) is 86.3 Å². The number of carbonyl (C=O) groups is 2. The molecule has 1 aliphatic carbocycles. The minimum atomic E-state index is -0.886. The zero-order valence-corrected chi connectivity index (χ0v) is 8.72. The van der Waals surface area contributed by atoms with Crippen LogP contribution in [0.25, 0.3) is 0 Å². The summed E-state index contributed by atoms with van der Waals surface area (Å²) in [7, 11) is 0. The van der Waals surface area contributed by atoms with E-state index >= 15 is 0 Å². The maximum atomic E-state index is 12.0. The minimum absolute atomic E-state index is 0.0175. The molecule has 1 aromatic heterocycles. The maximum Gasteiger partial charge on any atom is 0.305 e. The lowest BCUT2D eigenvalue weighted by atomic mass is 10.3. The number of rotatable bonds is 5. The number of H-pyrrole nitrogens is 1. The van der Waals surface area contributed by atoms with Crippen LogP contribution in [0.2, 0.25) is 0 Å². The Bertz CT molecular complexity index is 384. The van der Waals surface area contributed by atoms with Crippen molar-refractivity contribution in [1.82, 2.24) is 15.1 Å². The Labute approximate surface area is 92.3 Å². The molecule has 0 aliphatic heterocycles. The highest BCUT2D eigenvalue weighted by Crippen LogP contribution is 2.28. The highest BCUT2D eigenvalue weighted by atomic mass is 16.4. The third-order valence-electron chi connectivity index (χ3n) is 2.55. The van der Waals surface area contributed by atoms with Gasteiger partial charge in [0.2, 0.25) is 0 Å². The molecule has 0 bridgehead atoms. The number of nitrogens with zero attached hydrogens (tertiary/aromatic N) is 2. The molecule has 1 fully saturated rings. The Morgan fingerprint density at radius 1 is 1.56 bits per heavy atom. The van der Waals surface area contributed by atoms with Gasteiger partial charge in [0.25, 0.3) is 5.91 Å². The van der Waals surface area contributed by atoms with Crippen molar-refractivity contribution in [2.45, 2.75) is 25.3 Å². The van der Waals surface area contributed by atoms with Gasteiger partial charge in [-0.05, 0) is 18.9 Å². The summed E-state index contributed by atoms with van der Waals surface area (Å²) in [5.41, 5.74) is 0.414. The van der Waals surface area contributed by atoms with Crippen LogP contribution in [0.4, 0.5) is 0 Å². The first-order chi connectivity index (χ1) is 7.68. The Balaban J connectivity index is 2.01. The third-order valence-corrected chi connectivity index (χ3v) is 2.55. The second-order valence-electron chi connectivity index (χ2n) is 3.84. The van der Waals surface area contributed by atoms with Gasteiger partial charge < -0.3 is 10.0 Å². The number of hydrogen-bond acceptors (Lipinski definition) is 3. The van der Waals surface area contributed by atoms with Crippen molar-refractivity contribution in [1.29, 1.82) is 0 Å². The van der Waals surface area contributed by atoms with Crippen molar-refractivity contribution < 1.29 is 14.7 Å². The summed E-state index contributed by atoms with van der Waals surface area (Å²) in [6.45, 7) is 0.262. The van der Waals surface area contributed by atoms with Crippen molar-refractivity contribution >= 4 is 11.9 Å². The molecule has 0 unspecified atom stereocenters. The maximum absolute atomic E-state index is 12.0. The van der Waals surface area contributed by atoms with Crippen molar-refractivity contribution in [3.63, 3.8) is 0 Å². The molecule has 6 nitrogen and oxygen atoms in total. The molecule has 86 valence electrons. The van der Waals surface area contributed by atoms with Crippen LogP contribution in [-0.4, -0.2) is 44.7 Å². The average molecular weight is 223 g/mol. The van der Waals surface area contributed by atoms with Crippen LogP contribution in [0.5, 0.6) is 0 Å². The van der Waals surface area contributed by atoms with Gasteiger partial charge in [-0.25, -0.2) is 0 Å². The SMILES string of the molecule is O=C(O)CCN(C(=O)c1ccn[nH]1)C1CC1. The molecular weight excluding hydrogens is 210 g/mol. The van der Waals surface area contributed by atoms with Crippen molar-refractivity contribution in [3.05, 3.63) is 18.0 Å². The number of carboxylic acid groups (broad SMARTS) is 1. The van der Waals surface area contributed by atoms with Gasteiger partial charge >= 0.3 is 5.97 Å². The summed E-state index contributed by atoms with van der Waals surface area (Å²) in [6.07, 6.45) is 3.41. The molecule has 1 heterocycles. The molecule has 0 radical (unpaired) electrons. The molecule has 0 aromatic carbocycles. The number of aromatic nitrogens is 2. The summed E-state index contributed by atoms with van der Waals surface area (Å²) in [5, 5.41) is 14.9. The molecule has 0 saturated heterocycles. The van der Waals surface area contributed by atoms with Gasteiger partial charge in [-0.3, -0.25) is 14.7 Å². The van der Waals surface area contributed by atoms with Crippen LogP contribution in [0.3, 0.4) is 0 Å². The van der Waals surface area contributed by atoms with Crippen LogP contribution < -0.4 is 0 Å². The van der Waals surface area contributed by atoms with Gasteiger partial charge in [-0.1, -0.05) is 0 Å². The smallest absolute Gasteiger partial charge is 0.305 e. The van der Waals surface area contributed by atoms with Crippen molar-refractivity contribution in [3.8, 4) is 0 Å². The molecule has 6 heteroatoms. The minimum Gasteiger partial charge on any atom is -0.481 e. The monoisotopic (exact) mass is 223 g/mol. The Morgan fingerprint density at radius 2 is 2.31 bits per heavy atom. The highest BCUT2D eigenvalue weighted by molar-refractivity contribution is 5.92. The fraction of sp³-hybridized carbons (Fsp3) is 0.500. The summed E-state index contributed by atoms with van der Waals surface area (Å²) >= 11 is 0. The van der Waals surface area contributed by atoms with Gasteiger partial charge in [0, 0.05) is 18.8 Å². The number of hydrogen-bond donors (Lipinski definition) is 2. The number of carboxylic acids is 1. The predicted molar refractivity (Wildman–Crippen MR) is 54.9 cm³/mol. The van der Waals surface area contributed by atoms with E-state index < -0.39 is 5.97 Å². The molecule has 1 aromatic rings. The van der Waals surface area contributed by atoms with E-state index in [0.29, 0.717) is 5.69 Å². The molecule has 2 N–H and O–H groups in total. The molecule has 2 rings (SSSR count). The highest BCUT2D eigenvalue weighted by Gasteiger charge is 2.33.